The second-order valence-corrected chi connectivity index (χ2v) is 6.16. The van der Waals surface area contributed by atoms with Crippen molar-refractivity contribution < 1.29 is 0 Å². The van der Waals surface area contributed by atoms with Crippen molar-refractivity contribution in [1.29, 1.82) is 0 Å². The number of aromatic nitrogens is 1. The van der Waals surface area contributed by atoms with Gasteiger partial charge in [0.25, 0.3) is 0 Å². The Balaban J connectivity index is 1.81. The van der Waals surface area contributed by atoms with Crippen LogP contribution in [-0.2, 0) is 6.54 Å². The van der Waals surface area contributed by atoms with Crippen LogP contribution in [0.3, 0.4) is 0 Å². The zero-order valence-corrected chi connectivity index (χ0v) is 12.5. The van der Waals surface area contributed by atoms with Crippen LogP contribution in [0, 0.1) is 0 Å². The minimum atomic E-state index is 0.580. The van der Waals surface area contributed by atoms with Crippen molar-refractivity contribution >= 4 is 16.5 Å². The molecule has 0 amide bonds. The molecule has 1 aliphatic heterocycles. The fraction of sp³-hybridized carbons (Fsp3) is 0.438. The predicted molar refractivity (Wildman–Crippen MR) is 86.1 cm³/mol. The topological polar surface area (TPSA) is 42.1 Å². The molecule has 0 unspecified atom stereocenters. The van der Waals surface area contributed by atoms with Crippen molar-refractivity contribution in [1.82, 2.24) is 4.98 Å². The summed E-state index contributed by atoms with van der Waals surface area (Å²) in [6, 6.07) is 8.37. The van der Waals surface area contributed by atoms with Crippen LogP contribution in [0.2, 0.25) is 0 Å². The van der Waals surface area contributed by atoms with E-state index in [1.54, 1.807) is 11.3 Å². The van der Waals surface area contributed by atoms with Gasteiger partial charge in [0.2, 0.25) is 0 Å². The molecule has 106 valence electrons. The van der Waals surface area contributed by atoms with Crippen molar-refractivity contribution in [3.63, 3.8) is 0 Å². The summed E-state index contributed by atoms with van der Waals surface area (Å²) in [5.41, 5.74) is 9.11. The summed E-state index contributed by atoms with van der Waals surface area (Å²) >= 11 is 1.76. The average Bonchev–Trinajstić information content (AvgIpc) is 2.83. The third-order valence-corrected chi connectivity index (χ3v) is 4.73. The van der Waals surface area contributed by atoms with E-state index in [1.807, 2.05) is 0 Å². The molecule has 1 aromatic heterocycles. The molecular weight excluding hydrogens is 266 g/mol. The SMILES string of the molecule is NCc1cccc(-c2csc(N3CCCCCC3)n2)c1. The molecule has 2 aromatic rings. The van der Waals surface area contributed by atoms with E-state index in [0.29, 0.717) is 6.54 Å². The Morgan fingerprint density at radius 3 is 2.70 bits per heavy atom. The Bertz CT molecular complexity index is 556. The van der Waals surface area contributed by atoms with Gasteiger partial charge in [-0.1, -0.05) is 31.0 Å². The van der Waals surface area contributed by atoms with Crippen LogP contribution in [0.4, 0.5) is 5.13 Å². The number of nitrogens with two attached hydrogens (primary N) is 1. The zero-order chi connectivity index (χ0) is 13.8. The quantitative estimate of drug-likeness (QED) is 0.937. The molecule has 1 aromatic carbocycles. The molecule has 0 bridgehead atoms. The molecule has 0 aliphatic carbocycles. The first-order valence-electron chi connectivity index (χ1n) is 7.36. The Hall–Kier alpha value is -1.39. The number of hydrogen-bond acceptors (Lipinski definition) is 4. The zero-order valence-electron chi connectivity index (χ0n) is 11.7. The lowest BCUT2D eigenvalue weighted by Gasteiger charge is -2.18. The third-order valence-electron chi connectivity index (χ3n) is 3.83. The van der Waals surface area contributed by atoms with E-state index >= 15 is 0 Å². The maximum atomic E-state index is 5.71. The molecule has 0 radical (unpaired) electrons. The van der Waals surface area contributed by atoms with Crippen molar-refractivity contribution in [3.05, 3.63) is 35.2 Å². The van der Waals surface area contributed by atoms with Crippen LogP contribution < -0.4 is 10.6 Å². The van der Waals surface area contributed by atoms with Crippen LogP contribution in [-0.4, -0.2) is 18.1 Å². The first-order chi connectivity index (χ1) is 9.86. The minimum absolute atomic E-state index is 0.580. The standard InChI is InChI=1S/C16H21N3S/c17-11-13-6-5-7-14(10-13)15-12-20-16(18-15)19-8-3-1-2-4-9-19/h5-7,10,12H,1-4,8-9,11,17H2. The van der Waals surface area contributed by atoms with E-state index in [-0.39, 0.29) is 0 Å². The van der Waals surface area contributed by atoms with Crippen LogP contribution in [0.25, 0.3) is 11.3 Å². The molecule has 3 rings (SSSR count). The molecule has 3 nitrogen and oxygen atoms in total. The lowest BCUT2D eigenvalue weighted by molar-refractivity contribution is 0.726. The number of benzene rings is 1. The molecule has 20 heavy (non-hydrogen) atoms. The molecule has 4 heteroatoms. The van der Waals surface area contributed by atoms with Crippen molar-refractivity contribution in [3.8, 4) is 11.3 Å². The van der Waals surface area contributed by atoms with Gasteiger partial charge in [0.15, 0.2) is 5.13 Å². The van der Waals surface area contributed by atoms with E-state index < -0.39 is 0 Å². The first kappa shape index (κ1) is 13.6. The van der Waals surface area contributed by atoms with Gasteiger partial charge in [0.05, 0.1) is 5.69 Å². The predicted octanol–water partition coefficient (Wildman–Crippen LogP) is 3.65. The largest absolute Gasteiger partial charge is 0.348 e. The molecule has 1 aliphatic rings. The molecule has 1 saturated heterocycles. The lowest BCUT2D eigenvalue weighted by Crippen LogP contribution is -2.23. The molecule has 2 N–H and O–H groups in total. The van der Waals surface area contributed by atoms with Gasteiger partial charge >= 0.3 is 0 Å². The molecule has 0 spiro atoms. The smallest absolute Gasteiger partial charge is 0.185 e. The summed E-state index contributed by atoms with van der Waals surface area (Å²) in [6.07, 6.45) is 5.29. The highest BCUT2D eigenvalue weighted by Gasteiger charge is 2.14. The van der Waals surface area contributed by atoms with Crippen molar-refractivity contribution in [2.75, 3.05) is 18.0 Å². The summed E-state index contributed by atoms with van der Waals surface area (Å²) < 4.78 is 0. The molecule has 0 saturated carbocycles. The first-order valence-corrected chi connectivity index (χ1v) is 8.24. The van der Waals surface area contributed by atoms with E-state index in [9.17, 15) is 0 Å². The van der Waals surface area contributed by atoms with Crippen molar-refractivity contribution in [2.45, 2.75) is 32.2 Å². The fourth-order valence-corrected chi connectivity index (χ4v) is 3.55. The molecule has 0 atom stereocenters. The number of thiazole rings is 1. The van der Waals surface area contributed by atoms with Crippen molar-refractivity contribution in [2.24, 2.45) is 5.73 Å². The third kappa shape index (κ3) is 3.02. The van der Waals surface area contributed by atoms with Gasteiger partial charge < -0.3 is 10.6 Å². The summed E-state index contributed by atoms with van der Waals surface area (Å²) in [4.78, 5) is 7.26. The van der Waals surface area contributed by atoms with E-state index in [2.05, 4.69) is 34.5 Å². The Morgan fingerprint density at radius 1 is 1.15 bits per heavy atom. The molecule has 1 fully saturated rings. The van der Waals surface area contributed by atoms with E-state index in [1.165, 1.54) is 36.4 Å². The Kier molecular flexibility index (Phi) is 4.33. The highest BCUT2D eigenvalue weighted by Crippen LogP contribution is 2.29. The van der Waals surface area contributed by atoms with Gasteiger partial charge in [-0.25, -0.2) is 4.98 Å². The lowest BCUT2D eigenvalue weighted by atomic mass is 10.1. The highest BCUT2D eigenvalue weighted by molar-refractivity contribution is 7.14. The van der Waals surface area contributed by atoms with E-state index in [4.69, 9.17) is 10.7 Å². The second-order valence-electron chi connectivity index (χ2n) is 5.32. The summed E-state index contributed by atoms with van der Waals surface area (Å²) in [5.74, 6) is 0. The highest BCUT2D eigenvalue weighted by atomic mass is 32.1. The normalized spacial score (nSPS) is 16.1. The van der Waals surface area contributed by atoms with Crippen LogP contribution in [0.15, 0.2) is 29.6 Å². The fourth-order valence-electron chi connectivity index (χ4n) is 2.66. The summed E-state index contributed by atoms with van der Waals surface area (Å²) in [6.45, 7) is 2.88. The average molecular weight is 287 g/mol. The van der Waals surface area contributed by atoms with Gasteiger partial charge in [0.1, 0.15) is 0 Å². The summed E-state index contributed by atoms with van der Waals surface area (Å²) in [5, 5.41) is 3.33. The Labute approximate surface area is 124 Å². The Morgan fingerprint density at radius 2 is 1.95 bits per heavy atom. The summed E-state index contributed by atoms with van der Waals surface area (Å²) in [7, 11) is 0. The van der Waals surface area contributed by atoms with Gasteiger partial charge in [0, 0.05) is 30.6 Å². The van der Waals surface area contributed by atoms with Crippen LogP contribution in [0.1, 0.15) is 31.2 Å². The van der Waals surface area contributed by atoms with E-state index in [0.717, 1.165) is 24.3 Å². The van der Waals surface area contributed by atoms with Crippen LogP contribution in [0.5, 0.6) is 0 Å². The monoisotopic (exact) mass is 287 g/mol. The number of hydrogen-bond donors (Lipinski definition) is 1. The van der Waals surface area contributed by atoms with Gasteiger partial charge in [-0.15, -0.1) is 11.3 Å². The maximum Gasteiger partial charge on any atom is 0.185 e. The molecule has 2 heterocycles. The minimum Gasteiger partial charge on any atom is -0.348 e. The van der Waals surface area contributed by atoms with Gasteiger partial charge in [-0.2, -0.15) is 0 Å². The van der Waals surface area contributed by atoms with Gasteiger partial charge in [-0.05, 0) is 24.5 Å². The molecular formula is C16H21N3S. The number of rotatable bonds is 3. The number of anilines is 1. The number of nitrogens with zero attached hydrogens (tertiary/aromatic N) is 2. The van der Waals surface area contributed by atoms with Crippen LogP contribution >= 0.6 is 11.3 Å². The van der Waals surface area contributed by atoms with Gasteiger partial charge in [-0.3, -0.25) is 0 Å². The second kappa shape index (κ2) is 6.37. The maximum absolute atomic E-state index is 5.71.